The Hall–Kier alpha value is -6.09. The fourth-order valence-electron chi connectivity index (χ4n) is 13.1. The van der Waals surface area contributed by atoms with E-state index in [9.17, 15) is 34.1 Å². The second-order valence-electron chi connectivity index (χ2n) is 22.4. The van der Waals surface area contributed by atoms with Gasteiger partial charge in [-0.1, -0.05) is 108 Å². The Morgan fingerprint density at radius 3 is 2.26 bits per heavy atom. The first-order valence-corrected chi connectivity index (χ1v) is 27.2. The number of nitro benzene ring substituents is 1. The van der Waals surface area contributed by atoms with Crippen molar-refractivity contribution in [1.82, 2.24) is 16.0 Å². The van der Waals surface area contributed by atoms with E-state index in [-0.39, 0.29) is 61.3 Å². The van der Waals surface area contributed by atoms with Crippen molar-refractivity contribution in [3.8, 4) is 5.75 Å². The van der Waals surface area contributed by atoms with E-state index in [0.717, 1.165) is 53.9 Å². The van der Waals surface area contributed by atoms with Gasteiger partial charge in [0, 0.05) is 50.2 Å². The van der Waals surface area contributed by atoms with Gasteiger partial charge < -0.3 is 35.5 Å². The molecule has 3 aromatic carbocycles. The summed E-state index contributed by atoms with van der Waals surface area (Å²) in [6.07, 6.45) is 16.7. The van der Waals surface area contributed by atoms with Gasteiger partial charge in [0.05, 0.1) is 17.6 Å². The van der Waals surface area contributed by atoms with Crippen molar-refractivity contribution in [2.24, 2.45) is 46.3 Å². The number of benzene rings is 3. The Labute approximate surface area is 437 Å². The molecule has 400 valence electrons. The van der Waals surface area contributed by atoms with Crippen LogP contribution in [0.1, 0.15) is 136 Å². The molecule has 0 spiro atoms. The van der Waals surface area contributed by atoms with E-state index in [1.807, 2.05) is 30.3 Å². The highest BCUT2D eigenvalue weighted by atomic mass is 16.7. The number of amides is 4. The molecule has 9 atom stereocenters. The number of nitro groups is 1. The van der Waals surface area contributed by atoms with Gasteiger partial charge in [0.2, 0.25) is 23.6 Å². The zero-order valence-corrected chi connectivity index (χ0v) is 44.2. The number of anilines is 1. The minimum atomic E-state index is -0.998. The van der Waals surface area contributed by atoms with Crippen LogP contribution in [0.3, 0.4) is 0 Å². The van der Waals surface area contributed by atoms with Gasteiger partial charge in [0.1, 0.15) is 18.4 Å². The molecule has 0 saturated heterocycles. The summed E-state index contributed by atoms with van der Waals surface area (Å²) >= 11 is 0. The van der Waals surface area contributed by atoms with E-state index in [1.165, 1.54) is 82.1 Å². The van der Waals surface area contributed by atoms with Crippen LogP contribution >= 0.6 is 0 Å². The monoisotopic (exact) mass is 1020 g/mol. The largest absolute Gasteiger partial charge is 0.514 e. The molecule has 3 fully saturated rings. The number of allylic oxidation sites excluding steroid dienone is 1. The van der Waals surface area contributed by atoms with Gasteiger partial charge in [0.25, 0.3) is 5.69 Å². The van der Waals surface area contributed by atoms with E-state index < -0.39 is 34.8 Å². The summed E-state index contributed by atoms with van der Waals surface area (Å²) in [4.78, 5) is 74.6. The van der Waals surface area contributed by atoms with Crippen molar-refractivity contribution in [1.29, 1.82) is 0 Å². The number of hydrogen-bond acceptors (Lipinski definition) is 10. The number of hydrogen-bond donors (Lipinski definition) is 4. The maximum Gasteiger partial charge on any atom is 0.514 e. The lowest BCUT2D eigenvalue weighted by atomic mass is 9.47. The van der Waals surface area contributed by atoms with Gasteiger partial charge in [-0.25, -0.2) is 4.79 Å². The first kappa shape index (κ1) is 55.7. The molecule has 0 heterocycles. The van der Waals surface area contributed by atoms with Crippen LogP contribution in [-0.2, 0) is 41.7 Å². The van der Waals surface area contributed by atoms with Crippen molar-refractivity contribution in [2.75, 3.05) is 25.0 Å². The summed E-state index contributed by atoms with van der Waals surface area (Å²) in [5.41, 5.74) is 4.06. The molecule has 4 aliphatic carbocycles. The fourth-order valence-corrected chi connectivity index (χ4v) is 13.1. The van der Waals surface area contributed by atoms with Crippen molar-refractivity contribution in [2.45, 2.75) is 150 Å². The van der Waals surface area contributed by atoms with Gasteiger partial charge in [-0.05, 0) is 140 Å². The van der Waals surface area contributed by atoms with Crippen molar-refractivity contribution in [3.63, 3.8) is 0 Å². The number of ether oxygens (including phenoxy) is 3. The maximum absolute atomic E-state index is 13.4. The predicted octanol–water partition coefficient (Wildman–Crippen LogP) is 10.8. The average Bonchev–Trinajstić information content (AvgIpc) is 3.74. The molecule has 0 radical (unpaired) electrons. The Kier molecular flexibility index (Phi) is 19.5. The minimum absolute atomic E-state index is 0.0402. The van der Waals surface area contributed by atoms with Crippen LogP contribution in [0.25, 0.3) is 0 Å². The summed E-state index contributed by atoms with van der Waals surface area (Å²) in [7, 11) is 0. The third-order valence-corrected chi connectivity index (χ3v) is 17.0. The molecular weight excluding hydrogens is 939 g/mol. The molecule has 4 N–H and O–H groups in total. The van der Waals surface area contributed by atoms with E-state index in [2.05, 4.69) is 62.0 Å². The lowest BCUT2D eigenvalue weighted by molar-refractivity contribution is -0.384. The topological polar surface area (TPSA) is 204 Å². The zero-order valence-electron chi connectivity index (χ0n) is 44.2. The summed E-state index contributed by atoms with van der Waals surface area (Å²) in [6.45, 7) is 13.0. The molecule has 4 amide bonds. The highest BCUT2D eigenvalue weighted by Gasteiger charge is 2.59. The molecule has 0 aliphatic heterocycles. The Morgan fingerprint density at radius 2 is 1.53 bits per heavy atom. The number of carbonyl (C=O) groups excluding carboxylic acids is 5. The molecule has 1 unspecified atom stereocenters. The number of nitrogens with zero attached hydrogens (tertiary/aromatic N) is 1. The van der Waals surface area contributed by atoms with E-state index in [0.29, 0.717) is 36.2 Å². The SMILES string of the molecule is CC(C)CCC[C@@H](C)[C@H]1CC[C@H]2[C@@H]3CC=C4CC(OCCCNC(=O)CCC(=O)N[C@@H](Cc5ccccc5)C(=O)NCC(=O)Nc5ccc(COC(=O)Oc6ccc([N+](=O)[O-])cc6)cc5)CC[C@]4(C)[C@H]3CC[C@]12C. The van der Waals surface area contributed by atoms with Crippen molar-refractivity contribution < 1.29 is 43.1 Å². The molecule has 0 aromatic heterocycles. The summed E-state index contributed by atoms with van der Waals surface area (Å²) in [5.74, 6) is 3.22. The van der Waals surface area contributed by atoms with Gasteiger partial charge in [-0.15, -0.1) is 0 Å². The van der Waals surface area contributed by atoms with Crippen LogP contribution in [0.15, 0.2) is 90.5 Å². The number of carbonyl (C=O) groups is 5. The molecule has 3 saturated carbocycles. The lowest BCUT2D eigenvalue weighted by Gasteiger charge is -2.58. The van der Waals surface area contributed by atoms with Crippen LogP contribution in [0.2, 0.25) is 0 Å². The molecule has 0 bridgehead atoms. The zero-order chi connectivity index (χ0) is 52.8. The summed E-state index contributed by atoms with van der Waals surface area (Å²) in [6, 6.07) is 19.6. The highest BCUT2D eigenvalue weighted by molar-refractivity contribution is 5.96. The smallest absolute Gasteiger partial charge is 0.429 e. The average molecular weight is 1020 g/mol. The second-order valence-corrected chi connectivity index (χ2v) is 22.4. The Morgan fingerprint density at radius 1 is 0.784 bits per heavy atom. The van der Waals surface area contributed by atoms with Crippen LogP contribution in [0.4, 0.5) is 16.2 Å². The second kappa shape index (κ2) is 25.9. The van der Waals surface area contributed by atoms with Gasteiger partial charge in [-0.3, -0.25) is 29.3 Å². The molecule has 4 aliphatic rings. The number of fused-ring (bicyclic) bond motifs is 5. The van der Waals surface area contributed by atoms with Crippen molar-refractivity contribution in [3.05, 3.63) is 112 Å². The summed E-state index contributed by atoms with van der Waals surface area (Å²) in [5, 5.41) is 21.8. The summed E-state index contributed by atoms with van der Waals surface area (Å²) < 4.78 is 16.6. The number of non-ortho nitro benzene ring substituents is 1. The molecule has 15 nitrogen and oxygen atoms in total. The lowest BCUT2D eigenvalue weighted by Crippen LogP contribution is -2.51. The maximum atomic E-state index is 13.4. The van der Waals surface area contributed by atoms with Gasteiger partial charge in [0.15, 0.2) is 0 Å². The first-order valence-electron chi connectivity index (χ1n) is 27.2. The van der Waals surface area contributed by atoms with Crippen LogP contribution < -0.4 is 26.0 Å². The van der Waals surface area contributed by atoms with Crippen LogP contribution in [0.5, 0.6) is 5.75 Å². The van der Waals surface area contributed by atoms with Crippen molar-refractivity contribution >= 4 is 41.2 Å². The first-order chi connectivity index (χ1) is 35.5. The molecule has 15 heteroatoms. The minimum Gasteiger partial charge on any atom is -0.429 e. The number of nitrogens with one attached hydrogen (secondary N) is 4. The predicted molar refractivity (Wildman–Crippen MR) is 284 cm³/mol. The molecule has 3 aromatic rings. The van der Waals surface area contributed by atoms with Crippen LogP contribution in [-0.4, -0.2) is 66.5 Å². The quantitative estimate of drug-likeness (QED) is 0.0167. The molecular formula is C59H79N5O10. The Bertz CT molecular complexity index is 2430. The standard InChI is InChI=1S/C59H79N5O10/c1-39(2)11-9-12-40(3)49-25-26-50-48-24-17-43-36-47(29-31-58(43,4)51(48)30-32-59(49,50)5)72-34-10-33-60-53(65)27-28-54(66)63-52(35-41-13-7-6-8-14-41)56(68)61-37-55(67)62-44-18-15-42(16-19-44)38-73-57(69)74-46-22-20-45(21-23-46)64(70)71/h6-8,13-23,39-40,47-52H,9-12,24-38H2,1-5H3,(H,60,65)(H,61,68)(H,62,67)(H,63,66)/t40-,47?,48+,49-,50+,51+,52+,58+,59-/m1/s1. The number of rotatable bonds is 24. The van der Waals surface area contributed by atoms with E-state index >= 15 is 0 Å². The highest BCUT2D eigenvalue weighted by Crippen LogP contribution is 2.67. The van der Waals surface area contributed by atoms with Crippen LogP contribution in [0, 0.1) is 56.5 Å². The van der Waals surface area contributed by atoms with E-state index in [1.54, 1.807) is 29.8 Å². The fraction of sp³-hybridized carbons (Fsp3) is 0.576. The molecule has 7 rings (SSSR count). The third-order valence-electron chi connectivity index (χ3n) is 17.0. The van der Waals surface area contributed by atoms with Gasteiger partial charge in [-0.2, -0.15) is 0 Å². The normalized spacial score (nSPS) is 24.7. The Balaban J connectivity index is 0.783. The molecule has 74 heavy (non-hydrogen) atoms. The third kappa shape index (κ3) is 14.8. The van der Waals surface area contributed by atoms with Gasteiger partial charge >= 0.3 is 6.16 Å². The van der Waals surface area contributed by atoms with E-state index in [4.69, 9.17) is 14.2 Å².